The van der Waals surface area contributed by atoms with Crippen molar-refractivity contribution in [3.8, 4) is 16.9 Å². The Morgan fingerprint density at radius 3 is 2.67 bits per heavy atom. The van der Waals surface area contributed by atoms with E-state index in [9.17, 15) is 19.4 Å². The van der Waals surface area contributed by atoms with Crippen molar-refractivity contribution in [2.45, 2.75) is 6.92 Å². The largest absolute Gasteiger partial charge is 0.505 e. The number of aliphatic hydroxyl groups is 1. The fraction of sp³-hybridized carbons (Fsp3) is 0.0526. The van der Waals surface area contributed by atoms with E-state index in [1.807, 2.05) is 0 Å². The van der Waals surface area contributed by atoms with Gasteiger partial charge in [-0.15, -0.1) is 0 Å². The lowest BCUT2D eigenvalue weighted by Gasteiger charge is -2.09. The lowest BCUT2D eigenvalue weighted by molar-refractivity contribution is -0.110. The third kappa shape index (κ3) is 2.82. The maximum atomic E-state index is 13.7. The van der Waals surface area contributed by atoms with Crippen LogP contribution in [0.4, 0.5) is 10.1 Å². The Labute approximate surface area is 157 Å². The molecular weight excluding hydrogens is 375 g/mol. The Hall–Kier alpha value is -3.32. The molecule has 0 saturated carbocycles. The van der Waals surface area contributed by atoms with Crippen molar-refractivity contribution >= 4 is 34.5 Å². The van der Waals surface area contributed by atoms with Crippen molar-refractivity contribution < 1.29 is 23.9 Å². The standard InChI is InChI=1S/C19H12ClFN2O4/c1-8-4-16(27-23-8)18(25)17-11-6-10(9-2-3-15(24)13(21)5-9)12(20)7-14(11)22-19(17)26/h2-7,24-25H,1H3,(H,22,26). The van der Waals surface area contributed by atoms with Crippen LogP contribution in [0, 0.1) is 12.7 Å². The van der Waals surface area contributed by atoms with E-state index in [1.165, 1.54) is 24.3 Å². The number of benzene rings is 2. The average Bonchev–Trinajstić information content (AvgIpc) is 3.18. The third-order valence-corrected chi connectivity index (χ3v) is 4.52. The van der Waals surface area contributed by atoms with Gasteiger partial charge in [-0.05, 0) is 36.8 Å². The van der Waals surface area contributed by atoms with Crippen molar-refractivity contribution in [2.75, 3.05) is 5.32 Å². The lowest BCUT2D eigenvalue weighted by atomic mass is 9.98. The first-order valence-corrected chi connectivity index (χ1v) is 8.24. The average molecular weight is 387 g/mol. The molecule has 0 atom stereocenters. The second-order valence-corrected chi connectivity index (χ2v) is 6.46. The lowest BCUT2D eigenvalue weighted by Crippen LogP contribution is -2.05. The van der Waals surface area contributed by atoms with E-state index in [1.54, 1.807) is 13.0 Å². The smallest absolute Gasteiger partial charge is 0.260 e. The third-order valence-electron chi connectivity index (χ3n) is 4.21. The molecule has 27 heavy (non-hydrogen) atoms. The molecule has 1 aliphatic rings. The van der Waals surface area contributed by atoms with E-state index in [-0.39, 0.29) is 22.1 Å². The monoisotopic (exact) mass is 386 g/mol. The number of nitrogens with zero attached hydrogens (tertiary/aromatic N) is 1. The van der Waals surface area contributed by atoms with E-state index in [0.29, 0.717) is 28.1 Å². The number of carbonyl (C=O) groups excluding carboxylic acids is 1. The number of aliphatic hydroxyl groups excluding tert-OH is 1. The van der Waals surface area contributed by atoms with Gasteiger partial charge in [-0.3, -0.25) is 4.79 Å². The number of carbonyl (C=O) groups is 1. The first-order chi connectivity index (χ1) is 12.8. The number of hydrogen-bond donors (Lipinski definition) is 3. The summed E-state index contributed by atoms with van der Waals surface area (Å²) in [5.41, 5.74) is 2.19. The molecule has 0 spiro atoms. The summed E-state index contributed by atoms with van der Waals surface area (Å²) in [6.45, 7) is 1.69. The first-order valence-electron chi connectivity index (χ1n) is 7.86. The highest BCUT2D eigenvalue weighted by Gasteiger charge is 2.31. The second-order valence-electron chi connectivity index (χ2n) is 6.05. The molecule has 1 aliphatic heterocycles. The predicted molar refractivity (Wildman–Crippen MR) is 97.8 cm³/mol. The molecule has 136 valence electrons. The second kappa shape index (κ2) is 6.14. The molecule has 1 aromatic heterocycles. The van der Waals surface area contributed by atoms with E-state index >= 15 is 0 Å². The van der Waals surface area contributed by atoms with E-state index in [2.05, 4.69) is 10.5 Å². The summed E-state index contributed by atoms with van der Waals surface area (Å²) in [5, 5.41) is 26.5. The Morgan fingerprint density at radius 2 is 2.00 bits per heavy atom. The molecule has 0 aliphatic carbocycles. The minimum absolute atomic E-state index is 0.00156. The summed E-state index contributed by atoms with van der Waals surface area (Å²) < 4.78 is 18.8. The molecule has 0 saturated heterocycles. The zero-order valence-corrected chi connectivity index (χ0v) is 14.6. The van der Waals surface area contributed by atoms with Crippen LogP contribution in [0.15, 0.2) is 40.9 Å². The highest BCUT2D eigenvalue weighted by atomic mass is 35.5. The molecule has 4 rings (SSSR count). The van der Waals surface area contributed by atoms with E-state index in [4.69, 9.17) is 16.1 Å². The van der Waals surface area contributed by atoms with Gasteiger partial charge in [0.2, 0.25) is 5.76 Å². The molecule has 0 radical (unpaired) electrons. The number of rotatable bonds is 2. The molecule has 1 amide bonds. The number of phenols is 1. The van der Waals surface area contributed by atoms with Gasteiger partial charge in [0, 0.05) is 17.2 Å². The molecule has 8 heteroatoms. The van der Waals surface area contributed by atoms with Crippen molar-refractivity contribution in [1.82, 2.24) is 5.16 Å². The summed E-state index contributed by atoms with van der Waals surface area (Å²) in [4.78, 5) is 12.4. The Kier molecular flexibility index (Phi) is 3.89. The van der Waals surface area contributed by atoms with Crippen LogP contribution in [0.25, 0.3) is 22.5 Å². The number of aromatic nitrogens is 1. The molecule has 0 unspecified atom stereocenters. The van der Waals surface area contributed by atoms with Crippen molar-refractivity contribution in [2.24, 2.45) is 0 Å². The maximum absolute atomic E-state index is 13.7. The van der Waals surface area contributed by atoms with E-state index < -0.39 is 17.5 Å². The fourth-order valence-electron chi connectivity index (χ4n) is 2.92. The summed E-state index contributed by atoms with van der Waals surface area (Å²) in [7, 11) is 0. The van der Waals surface area contributed by atoms with Crippen molar-refractivity contribution in [1.29, 1.82) is 0 Å². The summed E-state index contributed by atoms with van der Waals surface area (Å²) in [6, 6.07) is 8.43. The number of amides is 1. The molecular formula is C19H12ClFN2O4. The van der Waals surface area contributed by atoms with Crippen LogP contribution in [0.3, 0.4) is 0 Å². The Balaban J connectivity index is 1.90. The fourth-order valence-corrected chi connectivity index (χ4v) is 3.19. The van der Waals surface area contributed by atoms with Gasteiger partial charge in [-0.1, -0.05) is 22.8 Å². The van der Waals surface area contributed by atoms with Gasteiger partial charge < -0.3 is 20.1 Å². The van der Waals surface area contributed by atoms with Crippen molar-refractivity contribution in [3.63, 3.8) is 0 Å². The normalized spacial score (nSPS) is 14.9. The zero-order chi connectivity index (χ0) is 19.3. The van der Waals surface area contributed by atoms with Crippen LogP contribution in [-0.4, -0.2) is 21.3 Å². The van der Waals surface area contributed by atoms with Crippen molar-refractivity contribution in [3.05, 3.63) is 64.3 Å². The number of phenolic OH excluding ortho intramolecular Hbond substituents is 1. The zero-order valence-electron chi connectivity index (χ0n) is 13.9. The van der Waals surface area contributed by atoms with Gasteiger partial charge in [0.1, 0.15) is 0 Å². The Bertz CT molecular complexity index is 1140. The van der Waals surface area contributed by atoms with Crippen LogP contribution >= 0.6 is 11.6 Å². The predicted octanol–water partition coefficient (Wildman–Crippen LogP) is 4.53. The van der Waals surface area contributed by atoms with E-state index in [0.717, 1.165) is 6.07 Å². The summed E-state index contributed by atoms with van der Waals surface area (Å²) in [6.07, 6.45) is 0. The molecule has 3 N–H and O–H groups in total. The highest BCUT2D eigenvalue weighted by molar-refractivity contribution is 6.38. The van der Waals surface area contributed by atoms with Crippen LogP contribution in [-0.2, 0) is 4.79 Å². The maximum Gasteiger partial charge on any atom is 0.260 e. The topological polar surface area (TPSA) is 95.6 Å². The van der Waals surface area contributed by atoms with Crippen LogP contribution in [0.1, 0.15) is 17.0 Å². The molecule has 2 heterocycles. The first kappa shape index (κ1) is 17.1. The Morgan fingerprint density at radius 1 is 1.22 bits per heavy atom. The number of anilines is 1. The highest BCUT2D eigenvalue weighted by Crippen LogP contribution is 2.42. The molecule has 3 aromatic rings. The number of hydrogen-bond acceptors (Lipinski definition) is 5. The molecule has 0 fully saturated rings. The van der Waals surface area contributed by atoms with Gasteiger partial charge in [0.25, 0.3) is 5.91 Å². The van der Waals surface area contributed by atoms with Gasteiger partial charge in [-0.25, -0.2) is 4.39 Å². The molecule has 6 nitrogen and oxygen atoms in total. The minimum Gasteiger partial charge on any atom is -0.505 e. The number of aromatic hydroxyl groups is 1. The van der Waals surface area contributed by atoms with Gasteiger partial charge in [0.15, 0.2) is 17.3 Å². The van der Waals surface area contributed by atoms with Gasteiger partial charge in [0.05, 0.1) is 22.0 Å². The quantitative estimate of drug-likeness (QED) is 0.444. The van der Waals surface area contributed by atoms with Gasteiger partial charge >= 0.3 is 0 Å². The summed E-state index contributed by atoms with van der Waals surface area (Å²) in [5.74, 6) is -2.11. The number of nitrogens with one attached hydrogen (secondary N) is 1. The minimum atomic E-state index is -0.797. The van der Waals surface area contributed by atoms with Crippen LogP contribution < -0.4 is 5.32 Å². The molecule has 0 bridgehead atoms. The SMILES string of the molecule is Cc1cc(C(O)=C2C(=O)Nc3cc(Cl)c(-c4ccc(O)c(F)c4)cc32)on1. The number of fused-ring (bicyclic) bond motifs is 1. The van der Waals surface area contributed by atoms with Crippen LogP contribution in [0.2, 0.25) is 5.02 Å². The number of halogens is 2. The number of aryl methyl sites for hydroxylation is 1. The molecule has 2 aromatic carbocycles. The summed E-state index contributed by atoms with van der Waals surface area (Å²) >= 11 is 6.29. The van der Waals surface area contributed by atoms with Crippen LogP contribution in [0.5, 0.6) is 5.75 Å². The van der Waals surface area contributed by atoms with Gasteiger partial charge in [-0.2, -0.15) is 0 Å².